The van der Waals surface area contributed by atoms with Crippen LogP contribution in [0.5, 0.6) is 5.75 Å². The highest BCUT2D eigenvalue weighted by molar-refractivity contribution is 5.49. The lowest BCUT2D eigenvalue weighted by atomic mass is 10.1. The average molecular weight is 288 g/mol. The van der Waals surface area contributed by atoms with Gasteiger partial charge in [-0.05, 0) is 25.1 Å². The zero-order valence-electron chi connectivity index (χ0n) is 11.2. The van der Waals surface area contributed by atoms with Gasteiger partial charge in [-0.25, -0.2) is 0 Å². The van der Waals surface area contributed by atoms with Gasteiger partial charge in [0.25, 0.3) is 11.4 Å². The van der Waals surface area contributed by atoms with Crippen LogP contribution >= 0.6 is 0 Å². The summed E-state index contributed by atoms with van der Waals surface area (Å²) in [6.07, 6.45) is 0. The average Bonchev–Trinajstić information content (AvgIpc) is 2.46. The van der Waals surface area contributed by atoms with E-state index in [2.05, 4.69) is 0 Å². The van der Waals surface area contributed by atoms with Gasteiger partial charge in [0.2, 0.25) is 0 Å². The molecule has 0 heterocycles. The summed E-state index contributed by atoms with van der Waals surface area (Å²) < 4.78 is 5.46. The van der Waals surface area contributed by atoms with Gasteiger partial charge in [0.05, 0.1) is 21.5 Å². The first kappa shape index (κ1) is 14.4. The zero-order chi connectivity index (χ0) is 15.4. The van der Waals surface area contributed by atoms with Crippen LogP contribution in [0.4, 0.5) is 11.4 Å². The summed E-state index contributed by atoms with van der Waals surface area (Å²) in [6, 6.07) is 10.7. The molecule has 0 fully saturated rings. The number of hydrogen-bond acceptors (Lipinski definition) is 5. The topological polar surface area (TPSA) is 95.5 Å². The first-order valence-corrected chi connectivity index (χ1v) is 6.08. The first-order chi connectivity index (χ1) is 9.97. The minimum Gasteiger partial charge on any atom is -0.489 e. The molecule has 0 N–H and O–H groups in total. The van der Waals surface area contributed by atoms with E-state index in [1.165, 1.54) is 12.1 Å². The fraction of sp³-hybridized carbons (Fsp3) is 0.143. The van der Waals surface area contributed by atoms with Crippen molar-refractivity contribution in [3.63, 3.8) is 0 Å². The number of benzene rings is 2. The van der Waals surface area contributed by atoms with Gasteiger partial charge >= 0.3 is 0 Å². The van der Waals surface area contributed by atoms with E-state index < -0.39 is 9.85 Å². The van der Waals surface area contributed by atoms with Crippen molar-refractivity contribution in [2.45, 2.75) is 13.5 Å². The van der Waals surface area contributed by atoms with Gasteiger partial charge in [-0.15, -0.1) is 0 Å². The maximum Gasteiger partial charge on any atom is 0.282 e. The van der Waals surface area contributed by atoms with Crippen molar-refractivity contribution in [2.24, 2.45) is 0 Å². The Morgan fingerprint density at radius 1 is 1.00 bits per heavy atom. The molecule has 7 nitrogen and oxygen atoms in total. The second kappa shape index (κ2) is 6.00. The molecule has 2 aromatic carbocycles. The van der Waals surface area contributed by atoms with Gasteiger partial charge in [0.15, 0.2) is 0 Å². The zero-order valence-corrected chi connectivity index (χ0v) is 11.2. The Balaban J connectivity index is 2.21. The summed E-state index contributed by atoms with van der Waals surface area (Å²) in [6.45, 7) is 1.91. The molecule has 0 aliphatic carbocycles. The molecule has 0 aromatic heterocycles. The molecule has 0 saturated heterocycles. The number of rotatable bonds is 5. The van der Waals surface area contributed by atoms with Crippen LogP contribution < -0.4 is 4.74 Å². The summed E-state index contributed by atoms with van der Waals surface area (Å²) in [4.78, 5) is 20.3. The van der Waals surface area contributed by atoms with Gasteiger partial charge < -0.3 is 4.74 Å². The molecule has 0 radical (unpaired) electrons. The molecule has 2 aromatic rings. The highest BCUT2D eigenvalue weighted by atomic mass is 16.6. The highest BCUT2D eigenvalue weighted by Crippen LogP contribution is 2.26. The minimum atomic E-state index is -0.669. The van der Waals surface area contributed by atoms with Crippen molar-refractivity contribution in [2.75, 3.05) is 0 Å². The van der Waals surface area contributed by atoms with Crippen molar-refractivity contribution in [3.8, 4) is 5.75 Å². The SMILES string of the molecule is Cc1ccc(OCc2ccc([N+](=O)[O-])cc2[N+](=O)[O-])cc1. The van der Waals surface area contributed by atoms with E-state index in [-0.39, 0.29) is 23.5 Å². The van der Waals surface area contributed by atoms with Crippen LogP contribution in [0.1, 0.15) is 11.1 Å². The Labute approximate surface area is 120 Å². The third kappa shape index (κ3) is 3.53. The highest BCUT2D eigenvalue weighted by Gasteiger charge is 2.19. The van der Waals surface area contributed by atoms with E-state index in [9.17, 15) is 20.2 Å². The van der Waals surface area contributed by atoms with E-state index >= 15 is 0 Å². The molecule has 0 unspecified atom stereocenters. The number of nitrogens with zero attached hydrogens (tertiary/aromatic N) is 2. The number of nitro groups is 2. The fourth-order valence-electron chi connectivity index (χ4n) is 1.75. The number of hydrogen-bond donors (Lipinski definition) is 0. The Bertz CT molecular complexity index is 682. The van der Waals surface area contributed by atoms with Crippen LogP contribution in [0, 0.1) is 27.2 Å². The maximum absolute atomic E-state index is 11.0. The van der Waals surface area contributed by atoms with Crippen molar-refractivity contribution < 1.29 is 14.6 Å². The van der Waals surface area contributed by atoms with E-state index in [1.807, 2.05) is 19.1 Å². The first-order valence-electron chi connectivity index (χ1n) is 6.08. The van der Waals surface area contributed by atoms with Crippen LogP contribution in [-0.4, -0.2) is 9.85 Å². The van der Waals surface area contributed by atoms with Crippen LogP contribution in [-0.2, 0) is 6.61 Å². The molecule has 7 heteroatoms. The largest absolute Gasteiger partial charge is 0.489 e. The molecule has 0 aliphatic rings. The lowest BCUT2D eigenvalue weighted by Gasteiger charge is -2.07. The van der Waals surface area contributed by atoms with E-state index in [1.54, 1.807) is 12.1 Å². The Kier molecular flexibility index (Phi) is 4.13. The molecule has 0 aliphatic heterocycles. The molecule has 0 spiro atoms. The second-order valence-corrected chi connectivity index (χ2v) is 4.43. The summed E-state index contributed by atoms with van der Waals surface area (Å²) in [5, 5.41) is 21.6. The van der Waals surface area contributed by atoms with Crippen molar-refractivity contribution in [3.05, 3.63) is 73.8 Å². The summed E-state index contributed by atoms with van der Waals surface area (Å²) in [7, 11) is 0. The fourth-order valence-corrected chi connectivity index (χ4v) is 1.75. The van der Waals surface area contributed by atoms with Crippen LogP contribution in [0.3, 0.4) is 0 Å². The van der Waals surface area contributed by atoms with Crippen LogP contribution in [0.15, 0.2) is 42.5 Å². The van der Waals surface area contributed by atoms with E-state index in [0.717, 1.165) is 11.6 Å². The predicted octanol–water partition coefficient (Wildman–Crippen LogP) is 3.39. The number of non-ortho nitro benzene ring substituents is 1. The third-order valence-electron chi connectivity index (χ3n) is 2.89. The molecule has 108 valence electrons. The monoisotopic (exact) mass is 288 g/mol. The third-order valence-corrected chi connectivity index (χ3v) is 2.89. The molecule has 0 amide bonds. The number of aryl methyl sites for hydroxylation is 1. The lowest BCUT2D eigenvalue weighted by molar-refractivity contribution is -0.394. The smallest absolute Gasteiger partial charge is 0.282 e. The molecule has 2 rings (SSSR count). The van der Waals surface area contributed by atoms with Crippen molar-refractivity contribution in [1.82, 2.24) is 0 Å². The van der Waals surface area contributed by atoms with Gasteiger partial charge in [0, 0.05) is 6.07 Å². The molecule has 0 atom stereocenters. The minimum absolute atomic E-state index is 0.0304. The molecular weight excluding hydrogens is 276 g/mol. The quantitative estimate of drug-likeness (QED) is 0.620. The standard InChI is InChI=1S/C14H12N2O5/c1-10-2-6-13(7-3-10)21-9-11-4-5-12(15(17)18)8-14(11)16(19)20/h2-8H,9H2,1H3. The van der Waals surface area contributed by atoms with Crippen LogP contribution in [0.25, 0.3) is 0 Å². The summed E-state index contributed by atoms with van der Waals surface area (Å²) in [5.74, 6) is 0.577. The normalized spacial score (nSPS) is 10.1. The molecule has 0 saturated carbocycles. The van der Waals surface area contributed by atoms with Crippen molar-refractivity contribution in [1.29, 1.82) is 0 Å². The summed E-state index contributed by atoms with van der Waals surface area (Å²) >= 11 is 0. The van der Waals surface area contributed by atoms with Gasteiger partial charge in [0.1, 0.15) is 12.4 Å². The predicted molar refractivity (Wildman–Crippen MR) is 75.3 cm³/mol. The number of nitro benzene ring substituents is 2. The Morgan fingerprint density at radius 2 is 1.67 bits per heavy atom. The summed E-state index contributed by atoms with van der Waals surface area (Å²) in [5.41, 5.74) is 0.715. The lowest BCUT2D eigenvalue weighted by Crippen LogP contribution is -2.01. The Morgan fingerprint density at radius 3 is 2.24 bits per heavy atom. The van der Waals surface area contributed by atoms with Gasteiger partial charge in [-0.3, -0.25) is 20.2 Å². The van der Waals surface area contributed by atoms with Gasteiger partial charge in [-0.1, -0.05) is 17.7 Å². The maximum atomic E-state index is 11.0. The molecular formula is C14H12N2O5. The molecule has 0 bridgehead atoms. The van der Waals surface area contributed by atoms with Crippen LogP contribution in [0.2, 0.25) is 0 Å². The second-order valence-electron chi connectivity index (χ2n) is 4.43. The van der Waals surface area contributed by atoms with E-state index in [4.69, 9.17) is 4.74 Å². The molecule has 21 heavy (non-hydrogen) atoms. The number of ether oxygens (including phenoxy) is 1. The van der Waals surface area contributed by atoms with Gasteiger partial charge in [-0.2, -0.15) is 0 Å². The Hall–Kier alpha value is -2.96. The van der Waals surface area contributed by atoms with Crippen molar-refractivity contribution >= 4 is 11.4 Å². The van der Waals surface area contributed by atoms with E-state index in [0.29, 0.717) is 5.75 Å².